The summed E-state index contributed by atoms with van der Waals surface area (Å²) < 4.78 is -0.579. The van der Waals surface area contributed by atoms with Crippen LogP contribution in [0.15, 0.2) is 23.9 Å². The monoisotopic (exact) mass is 212 g/mol. The number of nitrogens with zero attached hydrogens (tertiary/aromatic N) is 1. The van der Waals surface area contributed by atoms with Crippen molar-refractivity contribution in [1.82, 2.24) is 5.32 Å². The van der Waals surface area contributed by atoms with Crippen LogP contribution in [0.5, 0.6) is 0 Å². The third-order valence-electron chi connectivity index (χ3n) is 2.60. The summed E-state index contributed by atoms with van der Waals surface area (Å²) in [7, 11) is 0. The second-order valence-corrected chi connectivity index (χ2v) is 3.64. The first-order valence-electron chi connectivity index (χ1n) is 4.84. The summed E-state index contributed by atoms with van der Waals surface area (Å²) >= 11 is 0. The van der Waals surface area contributed by atoms with Crippen LogP contribution in [0.2, 0.25) is 0 Å². The Kier molecular flexibility index (Phi) is 3.62. The molecule has 1 heterocycles. The van der Waals surface area contributed by atoms with Crippen LogP contribution in [-0.4, -0.2) is 35.5 Å². The number of carboxylic acid groups (broad SMARTS) is 1. The summed E-state index contributed by atoms with van der Waals surface area (Å²) in [6.45, 7) is 6.27. The molecule has 1 saturated heterocycles. The van der Waals surface area contributed by atoms with E-state index in [9.17, 15) is 10.0 Å². The van der Waals surface area contributed by atoms with Crippen molar-refractivity contribution in [3.05, 3.63) is 29.1 Å². The normalized spacial score (nSPS) is 27.3. The van der Waals surface area contributed by atoms with E-state index in [1.165, 1.54) is 6.92 Å². The van der Waals surface area contributed by atoms with Gasteiger partial charge in [0, 0.05) is 6.42 Å². The van der Waals surface area contributed by atoms with Crippen molar-refractivity contribution < 1.29 is 14.5 Å². The molecule has 1 fully saturated rings. The largest absolute Gasteiger partial charge is 0.627 e. The summed E-state index contributed by atoms with van der Waals surface area (Å²) in [6, 6.07) is 0. The van der Waals surface area contributed by atoms with Gasteiger partial charge in [0.25, 0.3) is 0 Å². The molecule has 0 aromatic rings. The van der Waals surface area contributed by atoms with Gasteiger partial charge in [-0.2, -0.15) is 0 Å². The lowest BCUT2D eigenvalue weighted by atomic mass is 10.1. The molecule has 0 aromatic heterocycles. The van der Waals surface area contributed by atoms with E-state index in [4.69, 9.17) is 5.11 Å². The Hall–Kier alpha value is -1.17. The highest BCUT2D eigenvalue weighted by atomic mass is 16.6. The number of hydroxylamine groups is 3. The smallest absolute Gasteiger partial charge is 0.336 e. The maximum absolute atomic E-state index is 12.2. The van der Waals surface area contributed by atoms with Crippen molar-refractivity contribution in [3.63, 3.8) is 0 Å². The topological polar surface area (TPSA) is 72.4 Å². The van der Waals surface area contributed by atoms with Crippen LogP contribution in [0.1, 0.15) is 13.3 Å². The van der Waals surface area contributed by atoms with Crippen LogP contribution in [0, 0.1) is 5.21 Å². The molecule has 1 unspecified atom stereocenters. The first kappa shape index (κ1) is 11.9. The van der Waals surface area contributed by atoms with Crippen LogP contribution in [0.25, 0.3) is 0 Å². The molecule has 0 bridgehead atoms. The first-order chi connectivity index (χ1) is 7.01. The molecule has 2 N–H and O–H groups in total. The van der Waals surface area contributed by atoms with Gasteiger partial charge in [-0.15, -0.1) is 6.58 Å². The molecule has 1 rings (SSSR count). The summed E-state index contributed by atoms with van der Waals surface area (Å²) in [4.78, 5) is 10.9. The Morgan fingerprint density at radius 2 is 2.40 bits per heavy atom. The molecule has 0 saturated carbocycles. The molecule has 0 radical (unpaired) electrons. The van der Waals surface area contributed by atoms with E-state index < -0.39 is 10.6 Å². The molecular weight excluding hydrogens is 196 g/mol. The lowest BCUT2D eigenvalue weighted by Crippen LogP contribution is -2.40. The number of carboxylic acids is 1. The number of rotatable bonds is 4. The Labute approximate surface area is 88.9 Å². The molecule has 1 aliphatic heterocycles. The molecule has 5 nitrogen and oxygen atoms in total. The maximum Gasteiger partial charge on any atom is 0.336 e. The number of allylic oxidation sites excluding steroid dienone is 1. The molecule has 0 aromatic carbocycles. The van der Waals surface area contributed by atoms with Gasteiger partial charge in [-0.1, -0.05) is 6.08 Å². The third kappa shape index (κ3) is 2.44. The summed E-state index contributed by atoms with van der Waals surface area (Å²) in [5.74, 6) is -1.04. The zero-order valence-electron chi connectivity index (χ0n) is 8.82. The van der Waals surface area contributed by atoms with Gasteiger partial charge in [0.2, 0.25) is 0 Å². The van der Waals surface area contributed by atoms with Gasteiger partial charge in [-0.25, -0.2) is 4.79 Å². The van der Waals surface area contributed by atoms with Crippen LogP contribution >= 0.6 is 0 Å². The first-order valence-corrected chi connectivity index (χ1v) is 4.84. The third-order valence-corrected chi connectivity index (χ3v) is 2.60. The van der Waals surface area contributed by atoms with Crippen LogP contribution in [0.3, 0.4) is 0 Å². The van der Waals surface area contributed by atoms with Crippen molar-refractivity contribution in [2.45, 2.75) is 13.3 Å². The van der Waals surface area contributed by atoms with Gasteiger partial charge in [0.1, 0.15) is 12.4 Å². The minimum atomic E-state index is -1.04. The van der Waals surface area contributed by atoms with Crippen molar-refractivity contribution in [2.75, 3.05) is 19.8 Å². The SMILES string of the molecule is C=CCC(=C(C)C(=O)O)[N+]1([O-])CCNC1. The average molecular weight is 212 g/mol. The van der Waals surface area contributed by atoms with Crippen molar-refractivity contribution >= 4 is 5.97 Å². The van der Waals surface area contributed by atoms with Crippen LogP contribution < -0.4 is 5.32 Å². The molecule has 84 valence electrons. The standard InChI is InChI=1S/C10H16N2O3/c1-3-4-9(8(2)10(13)14)12(15)6-5-11-7-12/h3,11H,1,4-7H2,2H3,(H,13,14). The van der Waals surface area contributed by atoms with Gasteiger partial charge in [0.15, 0.2) is 0 Å². The molecule has 0 aliphatic carbocycles. The zero-order valence-corrected chi connectivity index (χ0v) is 8.82. The lowest BCUT2D eigenvalue weighted by molar-refractivity contribution is -0.831. The Morgan fingerprint density at radius 3 is 2.80 bits per heavy atom. The Balaban J connectivity index is 3.05. The van der Waals surface area contributed by atoms with Crippen molar-refractivity contribution in [3.8, 4) is 0 Å². The quantitative estimate of drug-likeness (QED) is 0.313. The molecule has 15 heavy (non-hydrogen) atoms. The van der Waals surface area contributed by atoms with Crippen LogP contribution in [-0.2, 0) is 4.79 Å². The lowest BCUT2D eigenvalue weighted by Gasteiger charge is -2.39. The van der Waals surface area contributed by atoms with Crippen molar-refractivity contribution in [2.24, 2.45) is 0 Å². The number of quaternary nitrogens is 1. The average Bonchev–Trinajstić information content (AvgIpc) is 2.61. The number of hydrogen-bond donors (Lipinski definition) is 2. The molecule has 1 atom stereocenters. The van der Waals surface area contributed by atoms with E-state index in [0.717, 1.165) is 0 Å². The number of aliphatic carboxylic acids is 1. The van der Waals surface area contributed by atoms with Gasteiger partial charge in [-0.05, 0) is 6.92 Å². The van der Waals surface area contributed by atoms with Gasteiger partial charge < -0.3 is 15.0 Å². The Morgan fingerprint density at radius 1 is 1.73 bits per heavy atom. The van der Waals surface area contributed by atoms with E-state index >= 15 is 0 Å². The highest BCUT2D eigenvalue weighted by molar-refractivity contribution is 5.86. The molecule has 0 spiro atoms. The highest BCUT2D eigenvalue weighted by Crippen LogP contribution is 2.24. The van der Waals surface area contributed by atoms with Crippen LogP contribution in [0.4, 0.5) is 0 Å². The van der Waals surface area contributed by atoms with E-state index in [-0.39, 0.29) is 12.2 Å². The predicted molar refractivity (Wildman–Crippen MR) is 56.5 cm³/mol. The second kappa shape index (κ2) is 4.57. The summed E-state index contributed by atoms with van der Waals surface area (Å²) in [6.07, 6.45) is 1.89. The highest BCUT2D eigenvalue weighted by Gasteiger charge is 2.30. The Bertz CT molecular complexity index is 304. The van der Waals surface area contributed by atoms with Gasteiger partial charge in [0.05, 0.1) is 18.7 Å². The number of nitrogens with one attached hydrogen (secondary N) is 1. The summed E-state index contributed by atoms with van der Waals surface area (Å²) in [5.41, 5.74) is 0.524. The van der Waals surface area contributed by atoms with Gasteiger partial charge >= 0.3 is 5.97 Å². The van der Waals surface area contributed by atoms with E-state index in [1.54, 1.807) is 6.08 Å². The molecular formula is C10H16N2O3. The predicted octanol–water partition coefficient (Wildman–Crippen LogP) is 0.796. The fraction of sp³-hybridized carbons (Fsp3) is 0.500. The minimum Gasteiger partial charge on any atom is -0.627 e. The number of carbonyl (C=O) groups is 1. The number of hydrogen-bond acceptors (Lipinski definition) is 3. The van der Waals surface area contributed by atoms with E-state index in [2.05, 4.69) is 11.9 Å². The second-order valence-electron chi connectivity index (χ2n) is 3.64. The maximum atomic E-state index is 12.2. The molecule has 1 aliphatic rings. The fourth-order valence-electron chi connectivity index (χ4n) is 1.71. The minimum absolute atomic E-state index is 0.133. The molecule has 5 heteroatoms. The van der Waals surface area contributed by atoms with E-state index in [0.29, 0.717) is 25.2 Å². The fourth-order valence-corrected chi connectivity index (χ4v) is 1.71. The summed E-state index contributed by atoms with van der Waals surface area (Å²) in [5, 5.41) is 24.1. The van der Waals surface area contributed by atoms with Gasteiger partial charge in [-0.3, -0.25) is 5.32 Å². The zero-order chi connectivity index (χ0) is 11.5. The molecule has 0 amide bonds. The van der Waals surface area contributed by atoms with E-state index in [1.807, 2.05) is 0 Å². The van der Waals surface area contributed by atoms with Crippen molar-refractivity contribution in [1.29, 1.82) is 0 Å².